The van der Waals surface area contributed by atoms with Gasteiger partial charge in [0, 0.05) is 12.1 Å². The maximum absolute atomic E-state index is 10.1. The second-order valence-electron chi connectivity index (χ2n) is 2.57. The van der Waals surface area contributed by atoms with Crippen LogP contribution < -0.4 is 11.5 Å². The Bertz CT molecular complexity index is 119. The van der Waals surface area contributed by atoms with Gasteiger partial charge in [-0.25, -0.2) is 0 Å². The van der Waals surface area contributed by atoms with Gasteiger partial charge in [-0.05, 0) is 13.3 Å². The monoisotopic (exact) mass is 182 g/mol. The average Bonchev–Trinajstić information content (AvgIpc) is 1.58. The van der Waals surface area contributed by atoms with Gasteiger partial charge in [-0.1, -0.05) is 0 Å². The number of halogens is 1. The van der Waals surface area contributed by atoms with Gasteiger partial charge in [0.15, 0.2) is 0 Å². The summed E-state index contributed by atoms with van der Waals surface area (Å²) in [7, 11) is 0. The van der Waals surface area contributed by atoms with Crippen LogP contribution in [0.4, 0.5) is 0 Å². The Kier molecular flexibility index (Phi) is 7.72. The van der Waals surface area contributed by atoms with Gasteiger partial charge in [0.05, 0.1) is 6.42 Å². The molecule has 0 saturated carbocycles. The van der Waals surface area contributed by atoms with Crippen LogP contribution >= 0.6 is 12.4 Å². The number of nitrogens with two attached hydrogens (primary N) is 2. The molecular formula is C6H15ClN2O2. The molecule has 0 fully saturated rings. The molecule has 0 spiro atoms. The van der Waals surface area contributed by atoms with E-state index in [0.29, 0.717) is 6.42 Å². The van der Waals surface area contributed by atoms with Crippen LogP contribution in [0.5, 0.6) is 0 Å². The summed E-state index contributed by atoms with van der Waals surface area (Å²) < 4.78 is 0. The molecule has 0 aromatic carbocycles. The Morgan fingerprint density at radius 1 is 1.55 bits per heavy atom. The number of hydrogen-bond acceptors (Lipinski definition) is 3. The van der Waals surface area contributed by atoms with Crippen molar-refractivity contribution in [2.75, 3.05) is 0 Å². The number of hydrogen-bond donors (Lipinski definition) is 3. The van der Waals surface area contributed by atoms with Crippen LogP contribution in [-0.4, -0.2) is 23.2 Å². The SMILES string of the molecule is CC(N)CC(N)CC(=O)O.Cl. The summed E-state index contributed by atoms with van der Waals surface area (Å²) in [4.78, 5) is 10.1. The molecule has 0 aromatic heterocycles. The predicted molar refractivity (Wildman–Crippen MR) is 45.7 cm³/mol. The topological polar surface area (TPSA) is 89.3 Å². The molecule has 5 heteroatoms. The van der Waals surface area contributed by atoms with Crippen LogP contribution in [0.1, 0.15) is 19.8 Å². The lowest BCUT2D eigenvalue weighted by molar-refractivity contribution is -0.137. The van der Waals surface area contributed by atoms with Gasteiger partial charge in [-0.15, -0.1) is 12.4 Å². The van der Waals surface area contributed by atoms with Gasteiger partial charge in [-0.2, -0.15) is 0 Å². The van der Waals surface area contributed by atoms with E-state index < -0.39 is 5.97 Å². The second-order valence-corrected chi connectivity index (χ2v) is 2.57. The fourth-order valence-corrected chi connectivity index (χ4v) is 0.785. The standard InChI is InChI=1S/C6H14N2O2.ClH/c1-4(7)2-5(8)3-6(9)10;/h4-5H,2-3,7-8H2,1H3,(H,9,10);1H. The molecule has 0 saturated heterocycles. The van der Waals surface area contributed by atoms with Crippen LogP contribution in [0.25, 0.3) is 0 Å². The van der Waals surface area contributed by atoms with Gasteiger partial charge < -0.3 is 16.6 Å². The molecule has 68 valence electrons. The first-order chi connectivity index (χ1) is 4.52. The summed E-state index contributed by atoms with van der Waals surface area (Å²) in [6.45, 7) is 1.81. The summed E-state index contributed by atoms with van der Waals surface area (Å²) in [5.74, 6) is -0.867. The largest absolute Gasteiger partial charge is 0.481 e. The Morgan fingerprint density at radius 3 is 2.27 bits per heavy atom. The van der Waals surface area contributed by atoms with E-state index in [9.17, 15) is 4.79 Å². The van der Waals surface area contributed by atoms with E-state index in [1.54, 1.807) is 0 Å². The fourth-order valence-electron chi connectivity index (χ4n) is 0.785. The molecule has 4 nitrogen and oxygen atoms in total. The number of aliphatic carboxylic acids is 1. The molecule has 2 unspecified atom stereocenters. The number of rotatable bonds is 4. The van der Waals surface area contributed by atoms with Crippen molar-refractivity contribution in [2.45, 2.75) is 31.8 Å². The highest BCUT2D eigenvalue weighted by Gasteiger charge is 2.09. The van der Waals surface area contributed by atoms with Crippen molar-refractivity contribution < 1.29 is 9.90 Å². The summed E-state index contributed by atoms with van der Waals surface area (Å²) in [6.07, 6.45) is 0.563. The van der Waals surface area contributed by atoms with Crippen molar-refractivity contribution >= 4 is 18.4 Å². The highest BCUT2D eigenvalue weighted by Crippen LogP contribution is 1.96. The molecule has 0 radical (unpaired) electrons. The minimum absolute atomic E-state index is 0. The molecule has 0 heterocycles. The Balaban J connectivity index is 0. The van der Waals surface area contributed by atoms with Crippen molar-refractivity contribution in [3.05, 3.63) is 0 Å². The van der Waals surface area contributed by atoms with E-state index in [4.69, 9.17) is 16.6 Å². The second kappa shape index (κ2) is 6.39. The fraction of sp³-hybridized carbons (Fsp3) is 0.833. The third-order valence-corrected chi connectivity index (χ3v) is 1.11. The first kappa shape index (κ1) is 13.3. The Hall–Kier alpha value is -0.320. The summed E-state index contributed by atoms with van der Waals surface area (Å²) in [5.41, 5.74) is 10.8. The number of carboxylic acids is 1. The van der Waals surface area contributed by atoms with E-state index in [0.717, 1.165) is 0 Å². The molecule has 0 aliphatic heterocycles. The van der Waals surface area contributed by atoms with E-state index in [-0.39, 0.29) is 30.9 Å². The predicted octanol–water partition coefficient (Wildman–Crippen LogP) is -0.0525. The molecule has 11 heavy (non-hydrogen) atoms. The highest BCUT2D eigenvalue weighted by molar-refractivity contribution is 5.85. The zero-order valence-corrected chi connectivity index (χ0v) is 7.30. The van der Waals surface area contributed by atoms with Gasteiger partial charge >= 0.3 is 5.97 Å². The van der Waals surface area contributed by atoms with Crippen LogP contribution in [0.2, 0.25) is 0 Å². The highest BCUT2D eigenvalue weighted by atomic mass is 35.5. The van der Waals surface area contributed by atoms with E-state index in [1.807, 2.05) is 6.92 Å². The lowest BCUT2D eigenvalue weighted by Crippen LogP contribution is -2.31. The van der Waals surface area contributed by atoms with Crippen molar-refractivity contribution in [1.29, 1.82) is 0 Å². The molecule has 0 aliphatic carbocycles. The maximum Gasteiger partial charge on any atom is 0.304 e. The van der Waals surface area contributed by atoms with E-state index in [1.165, 1.54) is 0 Å². The van der Waals surface area contributed by atoms with Crippen LogP contribution in [0, 0.1) is 0 Å². The summed E-state index contributed by atoms with van der Waals surface area (Å²) in [5, 5.41) is 8.28. The zero-order valence-electron chi connectivity index (χ0n) is 6.49. The molecule has 0 bridgehead atoms. The third-order valence-electron chi connectivity index (χ3n) is 1.11. The van der Waals surface area contributed by atoms with Crippen molar-refractivity contribution in [1.82, 2.24) is 0 Å². The molecule has 5 N–H and O–H groups in total. The lowest BCUT2D eigenvalue weighted by Gasteiger charge is -2.10. The Morgan fingerprint density at radius 2 is 2.00 bits per heavy atom. The third kappa shape index (κ3) is 9.68. The van der Waals surface area contributed by atoms with Crippen LogP contribution in [0.3, 0.4) is 0 Å². The van der Waals surface area contributed by atoms with Crippen LogP contribution in [-0.2, 0) is 4.79 Å². The van der Waals surface area contributed by atoms with Gasteiger partial charge in [0.1, 0.15) is 0 Å². The maximum atomic E-state index is 10.1. The van der Waals surface area contributed by atoms with Gasteiger partial charge in [0.25, 0.3) is 0 Å². The smallest absolute Gasteiger partial charge is 0.304 e. The van der Waals surface area contributed by atoms with Crippen LogP contribution in [0.15, 0.2) is 0 Å². The van der Waals surface area contributed by atoms with E-state index >= 15 is 0 Å². The lowest BCUT2D eigenvalue weighted by atomic mass is 10.1. The first-order valence-corrected chi connectivity index (χ1v) is 3.25. The van der Waals surface area contributed by atoms with Gasteiger partial charge in [0.2, 0.25) is 0 Å². The Labute approximate surface area is 72.4 Å². The van der Waals surface area contributed by atoms with Crippen molar-refractivity contribution in [2.24, 2.45) is 11.5 Å². The van der Waals surface area contributed by atoms with E-state index in [2.05, 4.69) is 0 Å². The number of carbonyl (C=O) groups is 1. The first-order valence-electron chi connectivity index (χ1n) is 3.25. The number of carboxylic acid groups (broad SMARTS) is 1. The summed E-state index contributed by atoms with van der Waals surface area (Å²) in [6, 6.07) is -0.327. The summed E-state index contributed by atoms with van der Waals surface area (Å²) >= 11 is 0. The quantitative estimate of drug-likeness (QED) is 0.569. The molecule has 2 atom stereocenters. The minimum Gasteiger partial charge on any atom is -0.481 e. The molecular weight excluding hydrogens is 168 g/mol. The molecule has 0 rings (SSSR count). The molecule has 0 aliphatic rings. The van der Waals surface area contributed by atoms with Crippen molar-refractivity contribution in [3.8, 4) is 0 Å². The average molecular weight is 183 g/mol. The molecule has 0 aromatic rings. The molecule has 0 amide bonds. The zero-order chi connectivity index (χ0) is 8.15. The van der Waals surface area contributed by atoms with Crippen molar-refractivity contribution in [3.63, 3.8) is 0 Å². The normalized spacial score (nSPS) is 14.8. The van der Waals surface area contributed by atoms with Gasteiger partial charge in [-0.3, -0.25) is 4.79 Å². The minimum atomic E-state index is -0.867.